The van der Waals surface area contributed by atoms with Crippen molar-refractivity contribution < 1.29 is 9.53 Å². The largest absolute Gasteiger partial charge is 0.465 e. The number of benzene rings is 1. The van der Waals surface area contributed by atoms with Crippen molar-refractivity contribution in [3.05, 3.63) is 17.7 Å². The maximum absolute atomic E-state index is 13.0. The molecule has 0 atom stereocenters. The Kier molecular flexibility index (Phi) is 5.42. The highest BCUT2D eigenvalue weighted by Crippen LogP contribution is 2.37. The van der Waals surface area contributed by atoms with Crippen LogP contribution in [0.25, 0.3) is 20.2 Å². The molecule has 2 nitrogen and oxygen atoms in total. The summed E-state index contributed by atoms with van der Waals surface area (Å²) in [5.41, 5.74) is 0.838. The lowest BCUT2D eigenvalue weighted by atomic mass is 10.1. The number of ether oxygens (including phenoxy) is 1. The molecule has 0 aliphatic carbocycles. The summed E-state index contributed by atoms with van der Waals surface area (Å²) in [4.78, 5) is 13.0. The Labute approximate surface area is 180 Å². The van der Waals surface area contributed by atoms with E-state index in [1.807, 2.05) is 22.7 Å². The molecule has 3 rings (SSSR count). The second kappa shape index (κ2) is 6.91. The summed E-state index contributed by atoms with van der Waals surface area (Å²) in [7, 11) is -3.18. The molecule has 0 spiro atoms. The Balaban J connectivity index is 2.61. The first-order valence-electron chi connectivity index (χ1n) is 9.79. The third kappa shape index (κ3) is 3.72. The Morgan fingerprint density at radius 2 is 1.18 bits per heavy atom. The summed E-state index contributed by atoms with van der Waals surface area (Å²) < 4.78 is 11.0. The molecular weight excluding hydrogens is 433 g/mol. The smallest absolute Gasteiger partial charge is 0.338 e. The molecule has 0 aliphatic heterocycles. The van der Waals surface area contributed by atoms with E-state index < -0.39 is 24.2 Å². The first kappa shape index (κ1) is 22.0. The van der Waals surface area contributed by atoms with Crippen LogP contribution in [0, 0.1) is 0 Å². The van der Waals surface area contributed by atoms with Gasteiger partial charge in [0.25, 0.3) is 0 Å². The van der Waals surface area contributed by atoms with Crippen molar-refractivity contribution in [2.45, 2.75) is 58.9 Å². The molecular formula is C21H32O2S2Si3. The number of hydrogen-bond donors (Lipinski definition) is 0. The Morgan fingerprint density at radius 3 is 1.57 bits per heavy atom. The molecule has 0 saturated carbocycles. The zero-order chi connectivity index (χ0) is 21.2. The molecule has 3 aromatic rings. The van der Waals surface area contributed by atoms with Gasteiger partial charge < -0.3 is 4.74 Å². The van der Waals surface area contributed by atoms with Crippen molar-refractivity contribution in [3.8, 4) is 0 Å². The number of thiophene rings is 2. The number of carbonyl (C=O) groups excluding carboxylic acids is 1. The number of carbonyl (C=O) groups is 1. The van der Waals surface area contributed by atoms with Gasteiger partial charge in [0, 0.05) is 5.39 Å². The summed E-state index contributed by atoms with van der Waals surface area (Å²) in [5.74, 6) is -0.176. The van der Waals surface area contributed by atoms with E-state index in [0.717, 1.165) is 10.9 Å². The monoisotopic (exact) mass is 464 g/mol. The molecule has 0 radical (unpaired) electrons. The van der Waals surface area contributed by atoms with Gasteiger partial charge in [-0.15, -0.1) is 22.7 Å². The van der Waals surface area contributed by atoms with E-state index in [9.17, 15) is 4.79 Å². The lowest BCUT2D eigenvalue weighted by Gasteiger charge is -2.22. The van der Waals surface area contributed by atoms with Crippen LogP contribution in [0.2, 0.25) is 58.9 Å². The molecule has 0 unspecified atom stereocenters. The van der Waals surface area contributed by atoms with Crippen LogP contribution in [0.5, 0.6) is 0 Å². The van der Waals surface area contributed by atoms with Crippen LogP contribution < -0.4 is 14.2 Å². The third-order valence-corrected chi connectivity index (χ3v) is 16.7. The van der Waals surface area contributed by atoms with E-state index in [0.29, 0.717) is 0 Å². The maximum Gasteiger partial charge on any atom is 0.338 e. The second-order valence-corrected chi connectivity index (χ2v) is 28.6. The molecule has 0 fully saturated rings. The van der Waals surface area contributed by atoms with Gasteiger partial charge in [0.15, 0.2) is 0 Å². The first-order valence-corrected chi connectivity index (χ1v) is 21.9. The molecule has 152 valence electrons. The summed E-state index contributed by atoms with van der Waals surface area (Å²) in [6, 6.07) is 4.73. The highest BCUT2D eigenvalue weighted by molar-refractivity contribution is 7.38. The molecule has 0 N–H and O–H groups in total. The fraction of sp³-hybridized carbons (Fsp3) is 0.476. The minimum absolute atomic E-state index is 0.176. The third-order valence-electron chi connectivity index (χ3n) is 5.08. The van der Waals surface area contributed by atoms with E-state index in [4.69, 9.17) is 4.74 Å². The van der Waals surface area contributed by atoms with Crippen LogP contribution in [0.4, 0.5) is 0 Å². The molecule has 1 aromatic carbocycles. The Bertz CT molecular complexity index is 1070. The van der Waals surface area contributed by atoms with Gasteiger partial charge in [-0.25, -0.2) is 4.79 Å². The molecule has 0 amide bonds. The summed E-state index contributed by atoms with van der Waals surface area (Å²) in [6.45, 7) is 21.4. The lowest BCUT2D eigenvalue weighted by Crippen LogP contribution is -2.42. The predicted molar refractivity (Wildman–Crippen MR) is 137 cm³/mol. The van der Waals surface area contributed by atoms with Crippen LogP contribution in [-0.2, 0) is 4.74 Å². The van der Waals surface area contributed by atoms with Crippen molar-refractivity contribution in [1.29, 1.82) is 0 Å². The lowest BCUT2D eigenvalue weighted by molar-refractivity contribution is 0.0604. The topological polar surface area (TPSA) is 26.3 Å². The van der Waals surface area contributed by atoms with Crippen molar-refractivity contribution in [1.82, 2.24) is 0 Å². The number of rotatable bonds is 4. The first-order chi connectivity index (χ1) is 12.7. The second-order valence-electron chi connectivity index (χ2n) is 10.7. The van der Waals surface area contributed by atoms with Gasteiger partial charge in [-0.3, -0.25) is 0 Å². The van der Waals surface area contributed by atoms with E-state index in [1.165, 1.54) is 36.1 Å². The Morgan fingerprint density at radius 1 is 0.750 bits per heavy atom. The molecule has 7 heteroatoms. The highest BCUT2D eigenvalue weighted by Gasteiger charge is 2.33. The molecule has 28 heavy (non-hydrogen) atoms. The standard InChI is InChI=1S/C21H32O2S2Si3/c1-23-21(22)17-13-11-15(26(2,3)4)24-18(13)19-14(20(17)28(8,9)10)12-16(25-19)27(5,6)7/h11-12H,1-10H3. The van der Waals surface area contributed by atoms with Crippen molar-refractivity contribution >= 4 is 87.2 Å². The minimum Gasteiger partial charge on any atom is -0.465 e. The van der Waals surface area contributed by atoms with Crippen LogP contribution in [0.3, 0.4) is 0 Å². The van der Waals surface area contributed by atoms with Crippen molar-refractivity contribution in [3.63, 3.8) is 0 Å². The maximum atomic E-state index is 13.0. The molecule has 0 bridgehead atoms. The van der Waals surface area contributed by atoms with Gasteiger partial charge in [0.05, 0.1) is 46.3 Å². The van der Waals surface area contributed by atoms with E-state index in [1.54, 1.807) is 0 Å². The van der Waals surface area contributed by atoms with Crippen LogP contribution in [0.1, 0.15) is 10.4 Å². The summed E-state index contributed by atoms with van der Waals surface area (Å²) in [6.07, 6.45) is 0. The quantitative estimate of drug-likeness (QED) is 0.374. The normalized spacial score (nSPS) is 13.5. The number of methoxy groups -OCH3 is 1. The van der Waals surface area contributed by atoms with Gasteiger partial charge in [-0.2, -0.15) is 0 Å². The van der Waals surface area contributed by atoms with Crippen LogP contribution in [-0.4, -0.2) is 37.3 Å². The molecule has 2 aromatic heterocycles. The van der Waals surface area contributed by atoms with Gasteiger partial charge >= 0.3 is 5.97 Å². The van der Waals surface area contributed by atoms with Gasteiger partial charge in [-0.1, -0.05) is 58.9 Å². The average molecular weight is 465 g/mol. The van der Waals surface area contributed by atoms with Crippen molar-refractivity contribution in [2.24, 2.45) is 0 Å². The number of esters is 1. The number of hydrogen-bond acceptors (Lipinski definition) is 4. The fourth-order valence-corrected chi connectivity index (χ4v) is 11.9. The van der Waals surface area contributed by atoms with Crippen LogP contribution >= 0.6 is 22.7 Å². The summed E-state index contributed by atoms with van der Waals surface area (Å²) in [5, 5.41) is 3.73. The SMILES string of the molecule is COC(=O)c1c([Si](C)(C)C)c2cc([Si](C)(C)C)sc2c2sc([Si](C)(C)C)cc12. The van der Waals surface area contributed by atoms with Crippen molar-refractivity contribution in [2.75, 3.05) is 7.11 Å². The van der Waals surface area contributed by atoms with Gasteiger partial charge in [-0.05, 0) is 31.7 Å². The predicted octanol–water partition coefficient (Wildman–Crippen LogP) is 5.54. The minimum atomic E-state index is -1.78. The van der Waals surface area contributed by atoms with Gasteiger partial charge in [0.2, 0.25) is 0 Å². The molecule has 0 aliphatic rings. The van der Waals surface area contributed by atoms with E-state index in [2.05, 4.69) is 71.1 Å². The van der Waals surface area contributed by atoms with E-state index >= 15 is 0 Å². The average Bonchev–Trinajstić information content (AvgIpc) is 3.14. The fourth-order valence-electron chi connectivity index (χ4n) is 3.59. The van der Waals surface area contributed by atoms with E-state index in [-0.39, 0.29) is 5.97 Å². The zero-order valence-corrected chi connectivity index (χ0v) is 23.4. The molecule has 0 saturated heterocycles. The highest BCUT2D eigenvalue weighted by atomic mass is 32.1. The Hall–Kier alpha value is -0.739. The number of fused-ring (bicyclic) bond motifs is 3. The molecule has 2 heterocycles. The zero-order valence-electron chi connectivity index (χ0n) is 18.8. The summed E-state index contributed by atoms with van der Waals surface area (Å²) >= 11 is 3.89. The van der Waals surface area contributed by atoms with Gasteiger partial charge in [0.1, 0.15) is 0 Å². The van der Waals surface area contributed by atoms with Crippen LogP contribution in [0.15, 0.2) is 12.1 Å².